The van der Waals surface area contributed by atoms with E-state index in [-0.39, 0.29) is 5.60 Å². The molecule has 1 aliphatic carbocycles. The van der Waals surface area contributed by atoms with Crippen LogP contribution in [0.3, 0.4) is 0 Å². The molecular weight excluding hydrogens is 208 g/mol. The second-order valence-corrected chi connectivity index (χ2v) is 5.41. The fourth-order valence-electron chi connectivity index (χ4n) is 2.69. The Hall–Kier alpha value is -0.480. The van der Waals surface area contributed by atoms with E-state index >= 15 is 0 Å². The van der Waals surface area contributed by atoms with Crippen LogP contribution in [-0.2, 0) is 0 Å². The van der Waals surface area contributed by atoms with Crippen LogP contribution in [-0.4, -0.2) is 10.7 Å². The van der Waals surface area contributed by atoms with Crippen LogP contribution in [0.1, 0.15) is 84.0 Å². The SMILES string of the molecule is CCC#CCCCCCCC1(O)CCCCC1. The average Bonchev–Trinajstić information content (AvgIpc) is 2.33. The molecule has 1 heteroatoms. The summed E-state index contributed by atoms with van der Waals surface area (Å²) in [5, 5.41) is 10.3. The molecule has 1 N–H and O–H groups in total. The van der Waals surface area contributed by atoms with Gasteiger partial charge in [-0.25, -0.2) is 0 Å². The standard InChI is InChI=1S/C16H28O/c1-2-3-4-5-6-7-8-10-13-16(17)14-11-9-12-15-16/h17H,2,5-15H2,1H3. The predicted octanol–water partition coefficient (Wildman–Crippen LogP) is 4.44. The van der Waals surface area contributed by atoms with Gasteiger partial charge in [-0.15, -0.1) is 11.8 Å². The third-order valence-corrected chi connectivity index (χ3v) is 3.78. The van der Waals surface area contributed by atoms with Crippen LogP contribution < -0.4 is 0 Å². The number of hydrogen-bond acceptors (Lipinski definition) is 1. The van der Waals surface area contributed by atoms with E-state index in [1.54, 1.807) is 0 Å². The second-order valence-electron chi connectivity index (χ2n) is 5.41. The van der Waals surface area contributed by atoms with Gasteiger partial charge in [0, 0.05) is 12.8 Å². The summed E-state index contributed by atoms with van der Waals surface area (Å²) in [6, 6.07) is 0. The monoisotopic (exact) mass is 236 g/mol. The molecule has 0 aromatic heterocycles. The summed E-state index contributed by atoms with van der Waals surface area (Å²) < 4.78 is 0. The molecule has 0 unspecified atom stereocenters. The van der Waals surface area contributed by atoms with Crippen molar-refractivity contribution >= 4 is 0 Å². The van der Waals surface area contributed by atoms with Crippen molar-refractivity contribution in [3.63, 3.8) is 0 Å². The van der Waals surface area contributed by atoms with Gasteiger partial charge in [0.2, 0.25) is 0 Å². The number of rotatable bonds is 6. The van der Waals surface area contributed by atoms with Crippen molar-refractivity contribution in [3.05, 3.63) is 0 Å². The molecule has 1 rings (SSSR count). The topological polar surface area (TPSA) is 20.2 Å². The maximum atomic E-state index is 10.3. The summed E-state index contributed by atoms with van der Waals surface area (Å²) in [4.78, 5) is 0. The Kier molecular flexibility index (Phi) is 7.37. The molecule has 17 heavy (non-hydrogen) atoms. The molecule has 0 spiro atoms. The van der Waals surface area contributed by atoms with Crippen LogP contribution in [0.4, 0.5) is 0 Å². The number of unbranched alkanes of at least 4 members (excludes halogenated alkanes) is 4. The van der Waals surface area contributed by atoms with Crippen molar-refractivity contribution in [3.8, 4) is 11.8 Å². The average molecular weight is 236 g/mol. The number of hydrogen-bond donors (Lipinski definition) is 1. The van der Waals surface area contributed by atoms with Crippen LogP contribution >= 0.6 is 0 Å². The van der Waals surface area contributed by atoms with Crippen LogP contribution in [0.2, 0.25) is 0 Å². The zero-order chi connectivity index (χ0) is 12.4. The highest BCUT2D eigenvalue weighted by Gasteiger charge is 2.27. The molecule has 1 saturated carbocycles. The minimum atomic E-state index is -0.305. The van der Waals surface area contributed by atoms with E-state index in [0.717, 1.165) is 32.1 Å². The van der Waals surface area contributed by atoms with E-state index in [4.69, 9.17) is 0 Å². The van der Waals surface area contributed by atoms with E-state index in [1.807, 2.05) is 0 Å². The molecule has 1 nitrogen and oxygen atoms in total. The van der Waals surface area contributed by atoms with Gasteiger partial charge in [0.1, 0.15) is 0 Å². The molecule has 0 saturated heterocycles. The van der Waals surface area contributed by atoms with Gasteiger partial charge in [-0.1, -0.05) is 45.4 Å². The molecule has 0 radical (unpaired) electrons. The molecule has 0 aromatic carbocycles. The van der Waals surface area contributed by atoms with Crippen LogP contribution in [0.5, 0.6) is 0 Å². The Morgan fingerprint density at radius 3 is 2.35 bits per heavy atom. The molecular formula is C16H28O. The summed E-state index contributed by atoms with van der Waals surface area (Å²) in [7, 11) is 0. The quantitative estimate of drug-likeness (QED) is 0.534. The highest BCUT2D eigenvalue weighted by molar-refractivity contribution is 4.97. The van der Waals surface area contributed by atoms with Gasteiger partial charge in [-0.05, 0) is 25.7 Å². The Balaban J connectivity index is 1.96. The van der Waals surface area contributed by atoms with Crippen molar-refractivity contribution in [2.45, 2.75) is 89.6 Å². The van der Waals surface area contributed by atoms with Gasteiger partial charge in [-0.2, -0.15) is 0 Å². The molecule has 1 aliphatic rings. The molecule has 0 bridgehead atoms. The largest absolute Gasteiger partial charge is 0.390 e. The Labute approximate surface area is 107 Å². The zero-order valence-corrected chi connectivity index (χ0v) is 11.4. The van der Waals surface area contributed by atoms with E-state index in [2.05, 4.69) is 18.8 Å². The van der Waals surface area contributed by atoms with E-state index in [1.165, 1.54) is 44.9 Å². The smallest absolute Gasteiger partial charge is 0.0647 e. The fraction of sp³-hybridized carbons (Fsp3) is 0.875. The van der Waals surface area contributed by atoms with Gasteiger partial charge in [0.15, 0.2) is 0 Å². The summed E-state index contributed by atoms with van der Waals surface area (Å²) in [5.74, 6) is 6.29. The zero-order valence-electron chi connectivity index (χ0n) is 11.4. The Morgan fingerprint density at radius 1 is 0.941 bits per heavy atom. The van der Waals surface area contributed by atoms with Gasteiger partial charge >= 0.3 is 0 Å². The lowest BCUT2D eigenvalue weighted by atomic mass is 9.81. The molecule has 1 fully saturated rings. The van der Waals surface area contributed by atoms with Crippen molar-refractivity contribution in [1.29, 1.82) is 0 Å². The van der Waals surface area contributed by atoms with Crippen molar-refractivity contribution in [2.75, 3.05) is 0 Å². The maximum absolute atomic E-state index is 10.3. The number of aliphatic hydroxyl groups is 1. The summed E-state index contributed by atoms with van der Waals surface area (Å²) >= 11 is 0. The molecule has 0 amide bonds. The fourth-order valence-corrected chi connectivity index (χ4v) is 2.69. The molecule has 0 heterocycles. The Morgan fingerprint density at radius 2 is 1.65 bits per heavy atom. The lowest BCUT2D eigenvalue weighted by Gasteiger charge is -2.32. The van der Waals surface area contributed by atoms with Crippen molar-refractivity contribution in [2.24, 2.45) is 0 Å². The maximum Gasteiger partial charge on any atom is 0.0647 e. The van der Waals surface area contributed by atoms with Gasteiger partial charge in [-0.3, -0.25) is 0 Å². The molecule has 0 aromatic rings. The lowest BCUT2D eigenvalue weighted by molar-refractivity contribution is -0.00586. The van der Waals surface area contributed by atoms with Gasteiger partial charge in [0.05, 0.1) is 5.60 Å². The van der Waals surface area contributed by atoms with E-state index in [9.17, 15) is 5.11 Å². The van der Waals surface area contributed by atoms with Crippen LogP contribution in [0, 0.1) is 11.8 Å². The minimum absolute atomic E-state index is 0.305. The minimum Gasteiger partial charge on any atom is -0.390 e. The Bertz CT molecular complexity index is 240. The van der Waals surface area contributed by atoms with Gasteiger partial charge < -0.3 is 5.11 Å². The summed E-state index contributed by atoms with van der Waals surface area (Å²) in [6.07, 6.45) is 13.8. The summed E-state index contributed by atoms with van der Waals surface area (Å²) in [5.41, 5.74) is -0.305. The first-order valence-corrected chi connectivity index (χ1v) is 7.45. The van der Waals surface area contributed by atoms with E-state index in [0.29, 0.717) is 0 Å². The second kappa shape index (κ2) is 8.59. The highest BCUT2D eigenvalue weighted by Crippen LogP contribution is 2.32. The molecule has 0 aliphatic heterocycles. The third-order valence-electron chi connectivity index (χ3n) is 3.78. The summed E-state index contributed by atoms with van der Waals surface area (Å²) in [6.45, 7) is 2.10. The predicted molar refractivity (Wildman–Crippen MR) is 73.8 cm³/mol. The van der Waals surface area contributed by atoms with Crippen LogP contribution in [0.15, 0.2) is 0 Å². The molecule has 98 valence electrons. The third kappa shape index (κ3) is 6.74. The van der Waals surface area contributed by atoms with Crippen molar-refractivity contribution < 1.29 is 5.11 Å². The highest BCUT2D eigenvalue weighted by atomic mass is 16.3. The van der Waals surface area contributed by atoms with Crippen LogP contribution in [0.25, 0.3) is 0 Å². The first kappa shape index (κ1) is 14.6. The van der Waals surface area contributed by atoms with Gasteiger partial charge in [0.25, 0.3) is 0 Å². The normalized spacial score (nSPS) is 18.5. The lowest BCUT2D eigenvalue weighted by Crippen LogP contribution is -2.30. The van der Waals surface area contributed by atoms with E-state index < -0.39 is 0 Å². The first-order valence-electron chi connectivity index (χ1n) is 7.45. The van der Waals surface area contributed by atoms with Crippen molar-refractivity contribution in [1.82, 2.24) is 0 Å². The molecule has 0 atom stereocenters. The first-order chi connectivity index (χ1) is 8.27.